The van der Waals surface area contributed by atoms with Crippen molar-refractivity contribution >= 4 is 5.78 Å². The van der Waals surface area contributed by atoms with Crippen LogP contribution in [0, 0.1) is 0 Å². The molecule has 0 saturated carbocycles. The van der Waals surface area contributed by atoms with Crippen molar-refractivity contribution in [2.75, 3.05) is 7.11 Å². The van der Waals surface area contributed by atoms with Gasteiger partial charge >= 0.3 is 0 Å². The molecule has 0 bridgehead atoms. The number of Topliss-reactive ketones (excluding diaryl/α,β-unsaturated/α-hetero) is 1. The molecule has 0 aromatic heterocycles. The number of aliphatic hydroxyl groups is 1. The summed E-state index contributed by atoms with van der Waals surface area (Å²) in [6.45, 7) is 1.46. The van der Waals surface area contributed by atoms with Crippen LogP contribution in [0.25, 0.3) is 0 Å². The molecule has 0 heterocycles. The highest BCUT2D eigenvalue weighted by Gasteiger charge is 2.10. The number of carbonyl (C=O) groups is 1. The van der Waals surface area contributed by atoms with Gasteiger partial charge in [0.2, 0.25) is 0 Å². The molecule has 0 aliphatic rings. The zero-order valence-corrected chi connectivity index (χ0v) is 8.36. The molecule has 1 N–H and O–H groups in total. The molecule has 0 amide bonds. The number of benzene rings is 1. The summed E-state index contributed by atoms with van der Waals surface area (Å²) in [6.07, 6.45) is -0.588. The lowest BCUT2D eigenvalue weighted by Crippen LogP contribution is -2.03. The minimum atomic E-state index is -0.734. The molecule has 0 radical (unpaired) electrons. The molecule has 3 heteroatoms. The van der Waals surface area contributed by atoms with Gasteiger partial charge in [0.25, 0.3) is 0 Å². The first-order chi connectivity index (χ1) is 6.63. The maximum absolute atomic E-state index is 10.8. The summed E-state index contributed by atoms with van der Waals surface area (Å²) in [6, 6.07) is 7.09. The number of ketones is 1. The maximum Gasteiger partial charge on any atom is 0.132 e. The zero-order chi connectivity index (χ0) is 10.6. The number of aliphatic hydroxyl groups excluding tert-OH is 1. The van der Waals surface area contributed by atoms with Crippen LogP contribution >= 0.6 is 0 Å². The Balaban J connectivity index is 2.78. The summed E-state index contributed by atoms with van der Waals surface area (Å²) in [4.78, 5) is 10.8. The topological polar surface area (TPSA) is 46.5 Å². The van der Waals surface area contributed by atoms with E-state index >= 15 is 0 Å². The molecular formula is C11H14O3. The zero-order valence-electron chi connectivity index (χ0n) is 8.36. The van der Waals surface area contributed by atoms with Crippen molar-refractivity contribution in [1.82, 2.24) is 0 Å². The van der Waals surface area contributed by atoms with E-state index in [1.54, 1.807) is 31.4 Å². The van der Waals surface area contributed by atoms with Crippen LogP contribution in [0.15, 0.2) is 24.3 Å². The summed E-state index contributed by atoms with van der Waals surface area (Å²) >= 11 is 0. The van der Waals surface area contributed by atoms with Crippen molar-refractivity contribution in [3.05, 3.63) is 29.8 Å². The van der Waals surface area contributed by atoms with Crippen LogP contribution in [0.3, 0.4) is 0 Å². The predicted octanol–water partition coefficient (Wildman–Crippen LogP) is 1.71. The third kappa shape index (κ3) is 2.85. The largest absolute Gasteiger partial charge is 0.497 e. The molecule has 1 aromatic carbocycles. The minimum Gasteiger partial charge on any atom is -0.497 e. The Bertz CT molecular complexity index is 320. The van der Waals surface area contributed by atoms with Crippen molar-refractivity contribution in [3.63, 3.8) is 0 Å². The van der Waals surface area contributed by atoms with E-state index in [0.717, 1.165) is 0 Å². The van der Waals surface area contributed by atoms with Gasteiger partial charge in [-0.3, -0.25) is 4.79 Å². The molecule has 1 atom stereocenters. The Hall–Kier alpha value is -1.35. The number of carbonyl (C=O) groups excluding carboxylic acids is 1. The summed E-state index contributed by atoms with van der Waals surface area (Å²) in [5, 5.41) is 9.63. The molecule has 0 saturated heterocycles. The van der Waals surface area contributed by atoms with Crippen molar-refractivity contribution < 1.29 is 14.6 Å². The number of hydrogen-bond donors (Lipinski definition) is 1. The van der Waals surface area contributed by atoms with E-state index in [4.69, 9.17) is 4.74 Å². The maximum atomic E-state index is 10.8. The highest BCUT2D eigenvalue weighted by atomic mass is 16.5. The fourth-order valence-electron chi connectivity index (χ4n) is 1.24. The molecule has 1 rings (SSSR count). The van der Waals surface area contributed by atoms with E-state index < -0.39 is 6.10 Å². The summed E-state index contributed by atoms with van der Waals surface area (Å²) in [5.41, 5.74) is 0.708. The molecule has 76 valence electrons. The van der Waals surface area contributed by atoms with Crippen LogP contribution in [0.5, 0.6) is 5.75 Å². The van der Waals surface area contributed by atoms with E-state index in [2.05, 4.69) is 0 Å². The normalized spacial score (nSPS) is 12.2. The van der Waals surface area contributed by atoms with Crippen LogP contribution in [-0.4, -0.2) is 18.0 Å². The van der Waals surface area contributed by atoms with Gasteiger partial charge in [-0.15, -0.1) is 0 Å². The second-order valence-electron chi connectivity index (χ2n) is 3.20. The van der Waals surface area contributed by atoms with Gasteiger partial charge in [0, 0.05) is 6.42 Å². The van der Waals surface area contributed by atoms with Crippen LogP contribution < -0.4 is 4.74 Å². The quantitative estimate of drug-likeness (QED) is 0.793. The average molecular weight is 194 g/mol. The highest BCUT2D eigenvalue weighted by molar-refractivity contribution is 5.76. The molecule has 3 nitrogen and oxygen atoms in total. The van der Waals surface area contributed by atoms with Gasteiger partial charge in [0.1, 0.15) is 11.5 Å². The molecule has 0 aliphatic carbocycles. The predicted molar refractivity (Wildman–Crippen MR) is 53.3 cm³/mol. The molecule has 14 heavy (non-hydrogen) atoms. The number of hydrogen-bond acceptors (Lipinski definition) is 3. The first-order valence-electron chi connectivity index (χ1n) is 4.45. The molecule has 0 fully saturated rings. The second kappa shape index (κ2) is 4.77. The molecule has 0 spiro atoms. The van der Waals surface area contributed by atoms with Crippen molar-refractivity contribution in [2.45, 2.75) is 19.4 Å². The average Bonchev–Trinajstić information content (AvgIpc) is 2.17. The van der Waals surface area contributed by atoms with Gasteiger partial charge < -0.3 is 9.84 Å². The Labute approximate surface area is 83.3 Å². The molecular weight excluding hydrogens is 180 g/mol. The summed E-state index contributed by atoms with van der Waals surface area (Å²) in [5.74, 6) is 0.658. The van der Waals surface area contributed by atoms with Gasteiger partial charge in [0.05, 0.1) is 13.2 Å². The standard InChI is InChI=1S/C11H14O3/c1-8(12)6-11(13)9-4-3-5-10(7-9)14-2/h3-5,7,11,13H,6H2,1-2H3/t11-/m1/s1. The molecule has 0 unspecified atom stereocenters. The van der Waals surface area contributed by atoms with Crippen molar-refractivity contribution in [2.24, 2.45) is 0 Å². The Morgan fingerprint density at radius 1 is 1.57 bits per heavy atom. The first-order valence-corrected chi connectivity index (χ1v) is 4.45. The number of methoxy groups -OCH3 is 1. The summed E-state index contributed by atoms with van der Waals surface area (Å²) in [7, 11) is 1.57. The van der Waals surface area contributed by atoms with E-state index in [1.807, 2.05) is 0 Å². The van der Waals surface area contributed by atoms with Crippen LogP contribution in [0.4, 0.5) is 0 Å². The Morgan fingerprint density at radius 2 is 2.29 bits per heavy atom. The fourth-order valence-corrected chi connectivity index (χ4v) is 1.24. The van der Waals surface area contributed by atoms with Gasteiger partial charge in [0.15, 0.2) is 0 Å². The van der Waals surface area contributed by atoms with Gasteiger partial charge in [-0.2, -0.15) is 0 Å². The smallest absolute Gasteiger partial charge is 0.132 e. The fraction of sp³-hybridized carbons (Fsp3) is 0.364. The summed E-state index contributed by atoms with van der Waals surface area (Å²) < 4.78 is 5.01. The SMILES string of the molecule is COc1cccc([C@H](O)CC(C)=O)c1. The van der Waals surface area contributed by atoms with Crippen LogP contribution in [0.2, 0.25) is 0 Å². The third-order valence-corrected chi connectivity index (χ3v) is 1.96. The van der Waals surface area contributed by atoms with Gasteiger partial charge in [-0.05, 0) is 24.6 Å². The van der Waals surface area contributed by atoms with Crippen LogP contribution in [-0.2, 0) is 4.79 Å². The van der Waals surface area contributed by atoms with Crippen molar-refractivity contribution in [1.29, 1.82) is 0 Å². The molecule has 0 aliphatic heterocycles. The lowest BCUT2D eigenvalue weighted by Gasteiger charge is -2.09. The lowest BCUT2D eigenvalue weighted by atomic mass is 10.0. The van der Waals surface area contributed by atoms with E-state index in [1.165, 1.54) is 6.92 Å². The lowest BCUT2D eigenvalue weighted by molar-refractivity contribution is -0.118. The van der Waals surface area contributed by atoms with E-state index in [9.17, 15) is 9.90 Å². The van der Waals surface area contributed by atoms with Gasteiger partial charge in [-0.1, -0.05) is 12.1 Å². The van der Waals surface area contributed by atoms with Crippen LogP contribution in [0.1, 0.15) is 25.0 Å². The van der Waals surface area contributed by atoms with Crippen molar-refractivity contribution in [3.8, 4) is 5.75 Å². The first kappa shape index (κ1) is 10.7. The number of rotatable bonds is 4. The third-order valence-electron chi connectivity index (χ3n) is 1.96. The minimum absolute atomic E-state index is 0.0275. The second-order valence-corrected chi connectivity index (χ2v) is 3.20. The molecule has 1 aromatic rings. The highest BCUT2D eigenvalue weighted by Crippen LogP contribution is 2.21. The van der Waals surface area contributed by atoms with E-state index in [0.29, 0.717) is 11.3 Å². The Morgan fingerprint density at radius 3 is 2.86 bits per heavy atom. The van der Waals surface area contributed by atoms with E-state index in [-0.39, 0.29) is 12.2 Å². The Kier molecular flexibility index (Phi) is 3.65. The number of ether oxygens (including phenoxy) is 1. The van der Waals surface area contributed by atoms with Gasteiger partial charge in [-0.25, -0.2) is 0 Å². The monoisotopic (exact) mass is 194 g/mol.